The van der Waals surface area contributed by atoms with Crippen molar-refractivity contribution in [1.29, 1.82) is 0 Å². The Morgan fingerprint density at radius 3 is 0.917 bits per heavy atom. The Labute approximate surface area is 94.8 Å². The van der Waals surface area contributed by atoms with Crippen LogP contribution in [0.4, 0.5) is 0 Å². The van der Waals surface area contributed by atoms with E-state index in [4.69, 9.17) is 0 Å². The van der Waals surface area contributed by atoms with Gasteiger partial charge in [0.05, 0.1) is 0 Å². The average molecular weight is 246 g/mol. The van der Waals surface area contributed by atoms with Crippen LogP contribution < -0.4 is 0 Å². The minimum Gasteiger partial charge on any atom is -0.385 e. The van der Waals surface area contributed by atoms with Crippen LogP contribution in [-0.2, 0) is 0 Å². The molecule has 12 heavy (non-hydrogen) atoms. The molecule has 0 aromatic heterocycles. The number of hydrogen-bond donors (Lipinski definition) is 6. The summed E-state index contributed by atoms with van der Waals surface area (Å²) in [6.45, 7) is 0. The predicted octanol–water partition coefficient (Wildman–Crippen LogP) is 0.168. The summed E-state index contributed by atoms with van der Waals surface area (Å²) in [5, 5.41) is 19.7. The van der Waals surface area contributed by atoms with Gasteiger partial charge in [0.15, 0.2) is 0 Å². The molecule has 0 amide bonds. The van der Waals surface area contributed by atoms with Crippen LogP contribution >= 0.6 is 50.5 Å². The van der Waals surface area contributed by atoms with E-state index in [1.165, 1.54) is 0 Å². The molecule has 74 valence electrons. The Morgan fingerprint density at radius 2 is 0.833 bits per heavy atom. The smallest absolute Gasteiger partial charge is 0.112 e. The monoisotopic (exact) mass is 246 g/mol. The molecular formula is C6H14O2S4. The van der Waals surface area contributed by atoms with Gasteiger partial charge in [-0.15, -0.1) is 0 Å². The van der Waals surface area contributed by atoms with E-state index in [2.05, 4.69) is 50.5 Å². The Kier molecular flexibility index (Phi) is 5.84. The van der Waals surface area contributed by atoms with E-state index in [1.54, 1.807) is 0 Å². The minimum absolute atomic E-state index is 0.133. The summed E-state index contributed by atoms with van der Waals surface area (Å²) in [7, 11) is 0. The molecule has 0 spiro atoms. The van der Waals surface area contributed by atoms with E-state index in [1.807, 2.05) is 0 Å². The van der Waals surface area contributed by atoms with Crippen LogP contribution in [0.5, 0.6) is 0 Å². The van der Waals surface area contributed by atoms with E-state index in [0.29, 0.717) is 0 Å². The second kappa shape index (κ2) is 5.26. The van der Waals surface area contributed by atoms with Crippen molar-refractivity contribution in [3.63, 3.8) is 0 Å². The Morgan fingerprint density at radius 1 is 0.667 bits per heavy atom. The lowest BCUT2D eigenvalue weighted by Crippen LogP contribution is -2.60. The van der Waals surface area contributed by atoms with Gasteiger partial charge >= 0.3 is 0 Å². The van der Waals surface area contributed by atoms with Crippen LogP contribution in [0.1, 0.15) is 0 Å². The Balaban J connectivity index is 4.66. The first-order valence-corrected chi connectivity index (χ1v) is 5.91. The molecule has 0 unspecified atom stereocenters. The first kappa shape index (κ1) is 13.3. The molecule has 0 aliphatic rings. The van der Waals surface area contributed by atoms with Crippen LogP contribution in [-0.4, -0.2) is 44.4 Å². The van der Waals surface area contributed by atoms with E-state index < -0.39 is 11.2 Å². The van der Waals surface area contributed by atoms with Gasteiger partial charge in [-0.05, 0) is 0 Å². The normalized spacial score (nSPS) is 13.5. The SMILES string of the molecule is OC(CS)(CS)C(O)(CS)CS. The highest BCUT2D eigenvalue weighted by molar-refractivity contribution is 7.82. The van der Waals surface area contributed by atoms with E-state index in [-0.39, 0.29) is 23.0 Å². The summed E-state index contributed by atoms with van der Waals surface area (Å²) in [6.07, 6.45) is 0. The van der Waals surface area contributed by atoms with E-state index >= 15 is 0 Å². The van der Waals surface area contributed by atoms with Crippen LogP contribution in [0.2, 0.25) is 0 Å². The molecule has 0 radical (unpaired) electrons. The molecule has 0 bridgehead atoms. The second-order valence-electron chi connectivity index (χ2n) is 2.70. The molecule has 0 heterocycles. The van der Waals surface area contributed by atoms with Gasteiger partial charge in [0, 0.05) is 23.0 Å². The maximum atomic E-state index is 9.85. The molecule has 0 saturated heterocycles. The third-order valence-electron chi connectivity index (χ3n) is 1.91. The highest BCUT2D eigenvalue weighted by Crippen LogP contribution is 2.27. The molecule has 2 nitrogen and oxygen atoms in total. The largest absolute Gasteiger partial charge is 0.385 e. The van der Waals surface area contributed by atoms with Gasteiger partial charge < -0.3 is 10.2 Å². The highest BCUT2D eigenvalue weighted by Gasteiger charge is 2.45. The minimum atomic E-state index is -1.33. The van der Waals surface area contributed by atoms with Crippen molar-refractivity contribution in [2.45, 2.75) is 11.2 Å². The molecule has 0 fully saturated rings. The lowest BCUT2D eigenvalue weighted by atomic mass is 9.89. The summed E-state index contributed by atoms with van der Waals surface area (Å²) in [5.41, 5.74) is -2.66. The van der Waals surface area contributed by atoms with Gasteiger partial charge in [0.25, 0.3) is 0 Å². The van der Waals surface area contributed by atoms with Gasteiger partial charge in [0.1, 0.15) is 11.2 Å². The summed E-state index contributed by atoms with van der Waals surface area (Å²) >= 11 is 15.8. The standard InChI is InChI=1S/C6H14O2S4/c7-5(1-9,2-10)6(8,3-11)4-12/h7-12H,1-4H2. The number of hydrogen-bond acceptors (Lipinski definition) is 6. The van der Waals surface area contributed by atoms with Crippen molar-refractivity contribution in [2.24, 2.45) is 0 Å². The topological polar surface area (TPSA) is 40.5 Å². The molecule has 0 aromatic carbocycles. The van der Waals surface area contributed by atoms with Crippen molar-refractivity contribution in [3.05, 3.63) is 0 Å². The Hall–Kier alpha value is 1.32. The van der Waals surface area contributed by atoms with Crippen molar-refractivity contribution in [3.8, 4) is 0 Å². The zero-order valence-corrected chi connectivity index (χ0v) is 10.1. The van der Waals surface area contributed by atoms with E-state index in [0.717, 1.165) is 0 Å². The van der Waals surface area contributed by atoms with Gasteiger partial charge in [-0.3, -0.25) is 0 Å². The van der Waals surface area contributed by atoms with Crippen molar-refractivity contribution in [1.82, 2.24) is 0 Å². The maximum Gasteiger partial charge on any atom is 0.112 e. The first-order valence-electron chi connectivity index (χ1n) is 3.38. The number of thiol groups is 4. The zero-order chi connectivity index (χ0) is 9.83. The zero-order valence-electron chi connectivity index (χ0n) is 6.51. The molecule has 0 aromatic rings. The fraction of sp³-hybridized carbons (Fsp3) is 1.00. The van der Waals surface area contributed by atoms with Gasteiger partial charge in [-0.1, -0.05) is 0 Å². The molecule has 0 rings (SSSR count). The first-order chi connectivity index (χ1) is 5.49. The van der Waals surface area contributed by atoms with Crippen LogP contribution in [0, 0.1) is 0 Å². The van der Waals surface area contributed by atoms with Crippen molar-refractivity contribution >= 4 is 50.5 Å². The van der Waals surface area contributed by atoms with Crippen LogP contribution in [0.25, 0.3) is 0 Å². The van der Waals surface area contributed by atoms with Gasteiger partial charge in [-0.2, -0.15) is 50.5 Å². The van der Waals surface area contributed by atoms with Crippen molar-refractivity contribution < 1.29 is 10.2 Å². The third kappa shape index (κ3) is 2.42. The molecular weight excluding hydrogens is 232 g/mol. The summed E-state index contributed by atoms with van der Waals surface area (Å²) in [5.74, 6) is 0.532. The summed E-state index contributed by atoms with van der Waals surface area (Å²) < 4.78 is 0. The van der Waals surface area contributed by atoms with E-state index in [9.17, 15) is 10.2 Å². The average Bonchev–Trinajstić information content (AvgIpc) is 2.15. The predicted molar refractivity (Wildman–Crippen MR) is 65.3 cm³/mol. The number of aliphatic hydroxyl groups is 2. The molecule has 0 aliphatic carbocycles. The molecule has 0 aliphatic heterocycles. The lowest BCUT2D eigenvalue weighted by Gasteiger charge is -2.40. The fourth-order valence-corrected chi connectivity index (χ4v) is 2.67. The molecule has 2 N–H and O–H groups in total. The van der Waals surface area contributed by atoms with Crippen molar-refractivity contribution in [2.75, 3.05) is 23.0 Å². The molecule has 0 saturated carbocycles. The fourth-order valence-electron chi connectivity index (χ4n) is 0.689. The van der Waals surface area contributed by atoms with Gasteiger partial charge in [0.2, 0.25) is 0 Å². The number of rotatable bonds is 5. The maximum absolute atomic E-state index is 9.85. The lowest BCUT2D eigenvalue weighted by molar-refractivity contribution is -0.0934. The summed E-state index contributed by atoms with van der Waals surface area (Å²) in [6, 6.07) is 0. The third-order valence-corrected chi connectivity index (χ3v) is 4.01. The second-order valence-corrected chi connectivity index (χ2v) is 3.96. The van der Waals surface area contributed by atoms with Gasteiger partial charge in [-0.25, -0.2) is 0 Å². The van der Waals surface area contributed by atoms with Crippen LogP contribution in [0.3, 0.4) is 0 Å². The Bertz CT molecular complexity index is 118. The van der Waals surface area contributed by atoms with Crippen LogP contribution in [0.15, 0.2) is 0 Å². The quantitative estimate of drug-likeness (QED) is 0.392. The summed E-state index contributed by atoms with van der Waals surface area (Å²) in [4.78, 5) is 0. The molecule has 0 atom stereocenters. The highest BCUT2D eigenvalue weighted by atomic mass is 32.1. The molecule has 6 heteroatoms.